The van der Waals surface area contributed by atoms with E-state index in [0.29, 0.717) is 26.0 Å². The van der Waals surface area contributed by atoms with Crippen molar-refractivity contribution in [1.29, 1.82) is 0 Å². The van der Waals surface area contributed by atoms with E-state index in [1.807, 2.05) is 34.7 Å². The van der Waals surface area contributed by atoms with E-state index < -0.39 is 0 Å². The van der Waals surface area contributed by atoms with Crippen molar-refractivity contribution in [2.45, 2.75) is 38.0 Å². The number of rotatable bonds is 4. The average molecular weight is 582 g/mol. The van der Waals surface area contributed by atoms with Gasteiger partial charge >= 0.3 is 0 Å². The number of aromatic nitrogens is 2. The van der Waals surface area contributed by atoms with Crippen LogP contribution in [0.5, 0.6) is 11.5 Å². The number of phenolic OH excluding ortho intramolecular Hbond substituents is 1. The second-order valence-corrected chi connectivity index (χ2v) is 9.46. The Morgan fingerprint density at radius 1 is 1.27 bits per heavy atom. The first-order valence-corrected chi connectivity index (χ1v) is 11.7. The molecular weight excluding hydrogens is 561 g/mol. The van der Waals surface area contributed by atoms with E-state index in [9.17, 15) is 9.90 Å². The minimum atomic E-state index is -0.182. The third-order valence-electron chi connectivity index (χ3n) is 5.40. The fourth-order valence-corrected chi connectivity index (χ4v) is 4.84. The zero-order chi connectivity index (χ0) is 21.3. The van der Waals surface area contributed by atoms with E-state index in [-0.39, 0.29) is 17.2 Å². The summed E-state index contributed by atoms with van der Waals surface area (Å²) < 4.78 is 8.14. The normalized spacial score (nSPS) is 15.2. The molecular formula is C22H21BrIN3O3. The molecule has 156 valence electrons. The van der Waals surface area contributed by atoms with E-state index in [0.717, 1.165) is 35.7 Å². The minimum absolute atomic E-state index is 0.0903. The van der Waals surface area contributed by atoms with Crippen LogP contribution in [0.15, 0.2) is 44.7 Å². The van der Waals surface area contributed by atoms with Gasteiger partial charge in [-0.25, -0.2) is 4.98 Å². The quantitative estimate of drug-likeness (QED) is 0.330. The van der Waals surface area contributed by atoms with Gasteiger partial charge in [-0.2, -0.15) is 9.78 Å². The van der Waals surface area contributed by atoms with E-state index in [4.69, 9.17) is 9.72 Å². The highest BCUT2D eigenvalue weighted by molar-refractivity contribution is 14.1. The molecule has 1 aromatic heterocycles. The fraction of sp³-hybridized carbons (Fsp3) is 0.318. The fourth-order valence-electron chi connectivity index (χ4n) is 3.85. The molecule has 1 aliphatic carbocycles. The Morgan fingerprint density at radius 2 is 2.03 bits per heavy atom. The Bertz CT molecular complexity index is 1190. The number of aromatic hydroxyl groups is 1. The molecule has 0 saturated heterocycles. The summed E-state index contributed by atoms with van der Waals surface area (Å²) in [5, 5.41) is 15.1. The van der Waals surface area contributed by atoms with E-state index in [1.54, 1.807) is 24.4 Å². The smallest absolute Gasteiger partial charge is 0.282 e. The molecule has 8 heteroatoms. The summed E-state index contributed by atoms with van der Waals surface area (Å²) in [7, 11) is 1.50. The SMILES string of the molecule is COc1cc(C=Nn2c(C3CCCCC3)nc3ccc(Br)cc3c2=O)cc(I)c1O. The molecule has 3 aromatic rings. The maximum absolute atomic E-state index is 13.3. The highest BCUT2D eigenvalue weighted by Gasteiger charge is 2.22. The van der Waals surface area contributed by atoms with Crippen molar-refractivity contribution >= 4 is 55.6 Å². The monoisotopic (exact) mass is 581 g/mol. The van der Waals surface area contributed by atoms with Gasteiger partial charge in [0.25, 0.3) is 5.56 Å². The lowest BCUT2D eigenvalue weighted by Crippen LogP contribution is -2.25. The number of hydrogen-bond acceptors (Lipinski definition) is 5. The van der Waals surface area contributed by atoms with Gasteiger partial charge in [-0.05, 0) is 71.3 Å². The van der Waals surface area contributed by atoms with Crippen LogP contribution >= 0.6 is 38.5 Å². The van der Waals surface area contributed by atoms with Crippen LogP contribution in [0.2, 0.25) is 0 Å². The van der Waals surface area contributed by atoms with Crippen LogP contribution in [-0.4, -0.2) is 28.1 Å². The largest absolute Gasteiger partial charge is 0.504 e. The van der Waals surface area contributed by atoms with Crippen molar-refractivity contribution in [3.63, 3.8) is 0 Å². The second-order valence-electron chi connectivity index (χ2n) is 7.38. The molecule has 0 unspecified atom stereocenters. The van der Waals surface area contributed by atoms with Crippen molar-refractivity contribution in [2.24, 2.45) is 5.10 Å². The highest BCUT2D eigenvalue weighted by atomic mass is 127. The number of hydrogen-bond donors (Lipinski definition) is 1. The van der Waals surface area contributed by atoms with Crippen LogP contribution < -0.4 is 10.3 Å². The molecule has 1 aliphatic rings. The van der Waals surface area contributed by atoms with Gasteiger partial charge in [0.2, 0.25) is 0 Å². The topological polar surface area (TPSA) is 76.7 Å². The molecule has 30 heavy (non-hydrogen) atoms. The molecule has 1 fully saturated rings. The lowest BCUT2D eigenvalue weighted by molar-refractivity contribution is 0.371. The van der Waals surface area contributed by atoms with Crippen LogP contribution in [-0.2, 0) is 0 Å². The van der Waals surface area contributed by atoms with E-state index in [1.165, 1.54) is 18.2 Å². The number of ether oxygens (including phenoxy) is 1. The first-order chi connectivity index (χ1) is 14.5. The van der Waals surface area contributed by atoms with Gasteiger partial charge in [-0.1, -0.05) is 35.2 Å². The van der Waals surface area contributed by atoms with Gasteiger partial charge in [0, 0.05) is 10.4 Å². The third-order valence-corrected chi connectivity index (χ3v) is 6.71. The Labute approximate surface area is 196 Å². The number of methoxy groups -OCH3 is 1. The summed E-state index contributed by atoms with van der Waals surface area (Å²) in [4.78, 5) is 18.2. The standard InChI is InChI=1S/C22H21BrIN3O3/c1-30-19-10-13(9-17(24)20(19)28)12-25-27-21(14-5-3-2-4-6-14)26-18-8-7-15(23)11-16(18)22(27)29/h7-12,14,28H,2-6H2,1H3. The zero-order valence-electron chi connectivity index (χ0n) is 16.4. The maximum Gasteiger partial charge on any atom is 0.282 e. The van der Waals surface area contributed by atoms with Crippen molar-refractivity contribution in [3.05, 3.63) is 60.1 Å². The highest BCUT2D eigenvalue weighted by Crippen LogP contribution is 2.33. The van der Waals surface area contributed by atoms with Gasteiger partial charge in [-0.15, -0.1) is 0 Å². The van der Waals surface area contributed by atoms with E-state index >= 15 is 0 Å². The van der Waals surface area contributed by atoms with Gasteiger partial charge in [0.15, 0.2) is 11.5 Å². The molecule has 1 N–H and O–H groups in total. The molecule has 0 aliphatic heterocycles. The molecule has 0 atom stereocenters. The molecule has 2 aromatic carbocycles. The summed E-state index contributed by atoms with van der Waals surface area (Å²) in [6.45, 7) is 0. The number of phenols is 1. The van der Waals surface area contributed by atoms with Crippen LogP contribution in [0.4, 0.5) is 0 Å². The van der Waals surface area contributed by atoms with Gasteiger partial charge < -0.3 is 9.84 Å². The van der Waals surface area contributed by atoms with Gasteiger partial charge in [0.1, 0.15) is 5.82 Å². The van der Waals surface area contributed by atoms with Crippen LogP contribution in [0.3, 0.4) is 0 Å². The zero-order valence-corrected chi connectivity index (χ0v) is 20.2. The summed E-state index contributed by atoms with van der Waals surface area (Å²) in [6.07, 6.45) is 7.12. The summed E-state index contributed by atoms with van der Waals surface area (Å²) in [5.41, 5.74) is 1.24. The minimum Gasteiger partial charge on any atom is -0.504 e. The van der Waals surface area contributed by atoms with Crippen LogP contribution in [0.25, 0.3) is 10.9 Å². The lowest BCUT2D eigenvalue weighted by Gasteiger charge is -2.22. The molecule has 1 heterocycles. The predicted octanol–water partition coefficient (Wildman–Crippen LogP) is 5.41. The molecule has 0 spiro atoms. The Hall–Kier alpha value is -1.94. The number of nitrogens with zero attached hydrogens (tertiary/aromatic N) is 3. The summed E-state index contributed by atoms with van der Waals surface area (Å²) >= 11 is 5.48. The Balaban J connectivity index is 1.86. The molecule has 4 rings (SSSR count). The van der Waals surface area contributed by atoms with Crippen molar-refractivity contribution < 1.29 is 9.84 Å². The molecule has 0 amide bonds. The van der Waals surface area contributed by atoms with Crippen molar-refractivity contribution in [3.8, 4) is 11.5 Å². The average Bonchev–Trinajstić information content (AvgIpc) is 2.76. The molecule has 0 radical (unpaired) electrons. The van der Waals surface area contributed by atoms with Gasteiger partial charge in [-0.3, -0.25) is 4.79 Å². The molecule has 6 nitrogen and oxygen atoms in total. The molecule has 0 bridgehead atoms. The Morgan fingerprint density at radius 3 is 2.77 bits per heavy atom. The third kappa shape index (κ3) is 4.25. The van der Waals surface area contributed by atoms with E-state index in [2.05, 4.69) is 21.0 Å². The number of benzene rings is 2. The molecule has 1 saturated carbocycles. The summed E-state index contributed by atoms with van der Waals surface area (Å²) in [5.74, 6) is 1.38. The van der Waals surface area contributed by atoms with Gasteiger partial charge in [0.05, 0.1) is 27.8 Å². The Kier molecular flexibility index (Phi) is 6.43. The first kappa shape index (κ1) is 21.3. The lowest BCUT2D eigenvalue weighted by atomic mass is 9.88. The first-order valence-electron chi connectivity index (χ1n) is 9.81. The number of fused-ring (bicyclic) bond motifs is 1. The summed E-state index contributed by atoms with van der Waals surface area (Å²) in [6, 6.07) is 9.04. The predicted molar refractivity (Wildman–Crippen MR) is 130 cm³/mol. The van der Waals surface area contributed by atoms with Crippen LogP contribution in [0.1, 0.15) is 49.4 Å². The second kappa shape index (κ2) is 9.05. The van der Waals surface area contributed by atoms with Crippen molar-refractivity contribution in [1.82, 2.24) is 9.66 Å². The van der Waals surface area contributed by atoms with Crippen LogP contribution in [0, 0.1) is 3.57 Å². The van der Waals surface area contributed by atoms with Crippen molar-refractivity contribution in [2.75, 3.05) is 7.11 Å². The maximum atomic E-state index is 13.3. The number of halogens is 2.